The maximum absolute atomic E-state index is 13.3. The molecule has 1 aromatic carbocycles. The Morgan fingerprint density at radius 2 is 1.78 bits per heavy atom. The van der Waals surface area contributed by atoms with Crippen molar-refractivity contribution in [2.45, 2.75) is 25.7 Å². The van der Waals surface area contributed by atoms with E-state index in [1.165, 1.54) is 0 Å². The van der Waals surface area contributed by atoms with Crippen molar-refractivity contribution in [3.63, 3.8) is 0 Å². The molecule has 1 aromatic rings. The minimum absolute atomic E-state index is 0.00109. The van der Waals surface area contributed by atoms with Gasteiger partial charge < -0.3 is 19.9 Å². The number of hydrogen-bond acceptors (Lipinski definition) is 6. The molecule has 1 heterocycles. The molecule has 2 aliphatic rings. The molecule has 3 atom stereocenters. The maximum Gasteiger partial charge on any atom is 0.247 e. The fourth-order valence-corrected chi connectivity index (χ4v) is 4.80. The lowest BCUT2D eigenvalue weighted by atomic mass is 9.72. The van der Waals surface area contributed by atoms with Crippen molar-refractivity contribution in [1.29, 1.82) is 0 Å². The van der Waals surface area contributed by atoms with Crippen molar-refractivity contribution in [2.24, 2.45) is 17.8 Å². The lowest BCUT2D eigenvalue weighted by Gasteiger charge is -2.40. The van der Waals surface area contributed by atoms with Gasteiger partial charge in [-0.05, 0) is 37.3 Å². The zero-order valence-corrected chi connectivity index (χ0v) is 18.7. The van der Waals surface area contributed by atoms with Crippen molar-refractivity contribution in [1.82, 2.24) is 15.7 Å². The Balaban J connectivity index is 1.56. The predicted molar refractivity (Wildman–Crippen MR) is 119 cm³/mol. The van der Waals surface area contributed by atoms with Crippen LogP contribution in [0.5, 0.6) is 0 Å². The molecule has 3 unspecified atom stereocenters. The van der Waals surface area contributed by atoms with Crippen LogP contribution in [-0.4, -0.2) is 74.3 Å². The van der Waals surface area contributed by atoms with E-state index in [1.54, 1.807) is 12.6 Å². The van der Waals surface area contributed by atoms with Gasteiger partial charge in [0, 0.05) is 57.9 Å². The summed E-state index contributed by atoms with van der Waals surface area (Å²) < 4.78 is 4.93. The lowest BCUT2D eigenvalue weighted by molar-refractivity contribution is -0.148. The topological polar surface area (TPSA) is 111 Å². The Bertz CT molecular complexity index is 767. The Kier molecular flexibility index (Phi) is 8.87. The largest absolute Gasteiger partial charge is 0.383 e. The summed E-state index contributed by atoms with van der Waals surface area (Å²) in [7, 11) is 1.57. The van der Waals surface area contributed by atoms with Gasteiger partial charge in [-0.15, -0.1) is 0 Å². The molecule has 3 N–H and O–H groups in total. The predicted octanol–water partition coefficient (Wildman–Crippen LogP) is 1.03. The number of hydrogen-bond donors (Lipinski definition) is 3. The van der Waals surface area contributed by atoms with Gasteiger partial charge in [0.25, 0.3) is 0 Å². The van der Waals surface area contributed by atoms with Crippen LogP contribution < -0.4 is 15.7 Å². The average molecular weight is 447 g/mol. The first kappa shape index (κ1) is 24.0. The van der Waals surface area contributed by atoms with Gasteiger partial charge in [-0.25, -0.2) is 5.48 Å². The second kappa shape index (κ2) is 11.8. The summed E-state index contributed by atoms with van der Waals surface area (Å²) in [6.07, 6.45) is 1.94. The van der Waals surface area contributed by atoms with E-state index < -0.39 is 17.7 Å². The summed E-state index contributed by atoms with van der Waals surface area (Å²) in [5.74, 6) is -1.77. The Morgan fingerprint density at radius 1 is 1.06 bits per heavy atom. The number of rotatable bonds is 8. The van der Waals surface area contributed by atoms with Crippen LogP contribution in [0.3, 0.4) is 0 Å². The third kappa shape index (κ3) is 6.20. The summed E-state index contributed by atoms with van der Waals surface area (Å²) in [6.45, 7) is 3.57. The number of nitrogens with one attached hydrogen (secondary N) is 2. The third-order valence-corrected chi connectivity index (χ3v) is 6.54. The van der Waals surface area contributed by atoms with Gasteiger partial charge in [-0.2, -0.15) is 0 Å². The first-order chi connectivity index (χ1) is 15.5. The average Bonchev–Trinajstić information content (AvgIpc) is 2.84. The number of ether oxygens (including phenoxy) is 1. The monoisotopic (exact) mass is 446 g/mol. The minimum atomic E-state index is -0.634. The molecule has 32 heavy (non-hydrogen) atoms. The molecule has 1 aliphatic heterocycles. The minimum Gasteiger partial charge on any atom is -0.383 e. The normalized spacial score (nSPS) is 23.5. The lowest BCUT2D eigenvalue weighted by Crippen LogP contribution is -2.53. The number of anilines is 1. The number of nitrogens with zero attached hydrogens (tertiary/aromatic N) is 2. The molecule has 3 rings (SSSR count). The molecule has 0 bridgehead atoms. The molecule has 1 aliphatic carbocycles. The number of carbonyl (C=O) groups excluding carboxylic acids is 3. The summed E-state index contributed by atoms with van der Waals surface area (Å²) >= 11 is 0. The molecule has 1 saturated heterocycles. The smallest absolute Gasteiger partial charge is 0.247 e. The van der Waals surface area contributed by atoms with E-state index >= 15 is 0 Å². The molecular formula is C23H34N4O5. The molecule has 0 radical (unpaired) electrons. The number of benzene rings is 1. The van der Waals surface area contributed by atoms with Gasteiger partial charge in [0.05, 0.1) is 12.5 Å². The first-order valence-electron chi connectivity index (χ1n) is 11.3. The molecule has 9 heteroatoms. The van der Waals surface area contributed by atoms with Crippen LogP contribution >= 0.6 is 0 Å². The van der Waals surface area contributed by atoms with E-state index in [9.17, 15) is 19.6 Å². The molecular weight excluding hydrogens is 412 g/mol. The molecule has 176 valence electrons. The van der Waals surface area contributed by atoms with Crippen LogP contribution in [0.25, 0.3) is 0 Å². The second-order valence-corrected chi connectivity index (χ2v) is 8.56. The zero-order chi connectivity index (χ0) is 22.9. The number of hydroxylamine groups is 1. The van der Waals surface area contributed by atoms with E-state index in [4.69, 9.17) is 4.74 Å². The van der Waals surface area contributed by atoms with Crippen LogP contribution in [0.1, 0.15) is 25.7 Å². The van der Waals surface area contributed by atoms with Crippen molar-refractivity contribution >= 4 is 23.4 Å². The van der Waals surface area contributed by atoms with Gasteiger partial charge in [-0.1, -0.05) is 18.2 Å². The number of piperazine rings is 1. The highest BCUT2D eigenvalue weighted by molar-refractivity contribution is 5.87. The van der Waals surface area contributed by atoms with Crippen molar-refractivity contribution in [3.8, 4) is 0 Å². The van der Waals surface area contributed by atoms with Gasteiger partial charge in [-0.3, -0.25) is 19.6 Å². The van der Waals surface area contributed by atoms with Crippen LogP contribution in [0, 0.1) is 17.8 Å². The standard InChI is InChI=1S/C23H34N4O5/c1-32-14-9-24-21(28)16-17-7-8-19(20(15-17)22(29)25-31)23(30)27-12-10-26(11-13-27)18-5-3-2-4-6-18/h2-6,17,19-20,31H,7-16H2,1H3,(H,24,28)(H,25,29). The van der Waals surface area contributed by atoms with Crippen LogP contribution in [0.15, 0.2) is 30.3 Å². The maximum atomic E-state index is 13.3. The molecule has 3 amide bonds. The molecule has 0 aromatic heterocycles. The first-order valence-corrected chi connectivity index (χ1v) is 11.3. The fraction of sp³-hybridized carbons (Fsp3) is 0.609. The zero-order valence-electron chi connectivity index (χ0n) is 18.7. The van der Waals surface area contributed by atoms with Crippen molar-refractivity contribution in [3.05, 3.63) is 30.3 Å². The molecule has 1 saturated carbocycles. The van der Waals surface area contributed by atoms with Crippen molar-refractivity contribution < 1.29 is 24.3 Å². The van der Waals surface area contributed by atoms with E-state index in [-0.39, 0.29) is 17.7 Å². The Hall–Kier alpha value is -2.65. The number of amides is 3. The van der Waals surface area contributed by atoms with E-state index in [0.717, 1.165) is 18.8 Å². The van der Waals surface area contributed by atoms with Crippen molar-refractivity contribution in [2.75, 3.05) is 51.3 Å². The summed E-state index contributed by atoms with van der Waals surface area (Å²) in [4.78, 5) is 41.9. The summed E-state index contributed by atoms with van der Waals surface area (Å²) in [6, 6.07) is 10.1. The van der Waals surface area contributed by atoms with E-state index in [2.05, 4.69) is 22.3 Å². The molecule has 2 fully saturated rings. The van der Waals surface area contributed by atoms with Crippen LogP contribution in [-0.2, 0) is 19.1 Å². The van der Waals surface area contributed by atoms with Gasteiger partial charge in [0.15, 0.2) is 0 Å². The van der Waals surface area contributed by atoms with E-state index in [0.29, 0.717) is 51.9 Å². The quantitative estimate of drug-likeness (QED) is 0.312. The summed E-state index contributed by atoms with van der Waals surface area (Å²) in [5, 5.41) is 12.0. The highest BCUT2D eigenvalue weighted by Gasteiger charge is 2.41. The van der Waals surface area contributed by atoms with Crippen LogP contribution in [0.4, 0.5) is 5.69 Å². The number of carbonyl (C=O) groups is 3. The highest BCUT2D eigenvalue weighted by Crippen LogP contribution is 2.37. The molecule has 9 nitrogen and oxygen atoms in total. The van der Waals surface area contributed by atoms with Gasteiger partial charge in [0.2, 0.25) is 17.7 Å². The van der Waals surface area contributed by atoms with E-state index in [1.807, 2.05) is 23.1 Å². The Morgan fingerprint density at radius 3 is 2.44 bits per heavy atom. The third-order valence-electron chi connectivity index (χ3n) is 6.54. The number of methoxy groups -OCH3 is 1. The second-order valence-electron chi connectivity index (χ2n) is 8.56. The molecule has 0 spiro atoms. The summed E-state index contributed by atoms with van der Waals surface area (Å²) in [5.41, 5.74) is 2.87. The Labute approximate surface area is 189 Å². The SMILES string of the molecule is COCCNC(=O)CC1CCC(C(=O)N2CCN(c3ccccc3)CC2)C(C(=O)NO)C1. The highest BCUT2D eigenvalue weighted by atomic mass is 16.5. The van der Waals surface area contributed by atoms with Gasteiger partial charge in [0.1, 0.15) is 0 Å². The number of para-hydroxylation sites is 1. The van der Waals surface area contributed by atoms with Crippen LogP contribution in [0.2, 0.25) is 0 Å². The fourth-order valence-electron chi connectivity index (χ4n) is 4.80. The van der Waals surface area contributed by atoms with Gasteiger partial charge >= 0.3 is 0 Å².